The Morgan fingerprint density at radius 2 is 1.69 bits per heavy atom. The van der Waals surface area contributed by atoms with Crippen LogP contribution in [0.3, 0.4) is 0 Å². The maximum atomic E-state index is 12.2. The van der Waals surface area contributed by atoms with Crippen molar-refractivity contribution in [2.24, 2.45) is 0 Å². The van der Waals surface area contributed by atoms with Gasteiger partial charge in [0, 0.05) is 0 Å². The van der Waals surface area contributed by atoms with E-state index in [0.29, 0.717) is 17.9 Å². The fourth-order valence-corrected chi connectivity index (χ4v) is 2.66. The van der Waals surface area contributed by atoms with Crippen molar-refractivity contribution in [2.75, 3.05) is 13.2 Å². The molecule has 1 atom stereocenters. The van der Waals surface area contributed by atoms with Gasteiger partial charge in [0.2, 0.25) is 0 Å². The number of rotatable bonds is 9. The van der Waals surface area contributed by atoms with E-state index in [9.17, 15) is 9.59 Å². The first-order valence-electron chi connectivity index (χ1n) is 8.89. The average molecular weight is 355 g/mol. The van der Waals surface area contributed by atoms with Crippen LogP contribution in [0.4, 0.5) is 0 Å². The summed E-state index contributed by atoms with van der Waals surface area (Å²) < 4.78 is 10.6. The molecule has 0 fully saturated rings. The Kier molecular flexibility index (Phi) is 7.68. The highest BCUT2D eigenvalue weighted by Gasteiger charge is 2.17. The largest absolute Gasteiger partial charge is 0.493 e. The van der Waals surface area contributed by atoms with Gasteiger partial charge >= 0.3 is 5.97 Å². The average Bonchev–Trinajstić information content (AvgIpc) is 2.67. The van der Waals surface area contributed by atoms with Crippen LogP contribution in [-0.2, 0) is 9.53 Å². The first kappa shape index (κ1) is 19.5. The molecule has 0 aromatic heterocycles. The van der Waals surface area contributed by atoms with Crippen molar-refractivity contribution in [3.05, 3.63) is 65.7 Å². The van der Waals surface area contributed by atoms with Crippen LogP contribution < -0.4 is 10.1 Å². The summed E-state index contributed by atoms with van der Waals surface area (Å²) in [5.74, 6) is -0.445. The van der Waals surface area contributed by atoms with Gasteiger partial charge in [-0.05, 0) is 31.0 Å². The predicted octanol–water partition coefficient (Wildman–Crippen LogP) is 3.90. The number of nitrogens with one attached hydrogen (secondary N) is 1. The zero-order valence-corrected chi connectivity index (χ0v) is 15.2. The van der Waals surface area contributed by atoms with Gasteiger partial charge in [-0.1, -0.05) is 55.8 Å². The number of carbonyl (C=O) groups excluding carboxylic acids is 2. The van der Waals surface area contributed by atoms with Crippen LogP contribution in [0.5, 0.6) is 5.75 Å². The summed E-state index contributed by atoms with van der Waals surface area (Å²) in [6.07, 6.45) is 1.75. The molecule has 5 nitrogen and oxygen atoms in total. The lowest BCUT2D eigenvalue weighted by Crippen LogP contribution is -2.32. The summed E-state index contributed by atoms with van der Waals surface area (Å²) in [5.41, 5.74) is 1.35. The van der Waals surface area contributed by atoms with E-state index in [1.807, 2.05) is 37.3 Å². The molecule has 1 unspecified atom stereocenters. The van der Waals surface area contributed by atoms with E-state index >= 15 is 0 Å². The highest BCUT2D eigenvalue weighted by molar-refractivity contribution is 5.94. The quantitative estimate of drug-likeness (QED) is 0.693. The smallest absolute Gasteiger partial charge is 0.342 e. The number of benzene rings is 2. The van der Waals surface area contributed by atoms with Gasteiger partial charge in [-0.15, -0.1) is 0 Å². The molecule has 0 saturated heterocycles. The fraction of sp³-hybridized carbons (Fsp3) is 0.333. The Hall–Kier alpha value is -2.82. The molecular weight excluding hydrogens is 330 g/mol. The number of amides is 1. The molecule has 0 aliphatic rings. The third kappa shape index (κ3) is 5.62. The topological polar surface area (TPSA) is 64.6 Å². The van der Waals surface area contributed by atoms with E-state index in [4.69, 9.17) is 9.47 Å². The van der Waals surface area contributed by atoms with E-state index in [0.717, 1.165) is 18.4 Å². The second kappa shape index (κ2) is 10.2. The number of hydrogen-bond acceptors (Lipinski definition) is 4. The Morgan fingerprint density at radius 1 is 1.00 bits per heavy atom. The van der Waals surface area contributed by atoms with Gasteiger partial charge in [0.25, 0.3) is 5.91 Å². The minimum absolute atomic E-state index is 0.0943. The van der Waals surface area contributed by atoms with E-state index in [1.165, 1.54) is 0 Å². The molecule has 0 radical (unpaired) electrons. The molecule has 2 aromatic carbocycles. The van der Waals surface area contributed by atoms with Crippen LogP contribution in [0.2, 0.25) is 0 Å². The monoisotopic (exact) mass is 355 g/mol. The van der Waals surface area contributed by atoms with Crippen LogP contribution in [0, 0.1) is 0 Å². The molecule has 1 N–H and O–H groups in total. The maximum Gasteiger partial charge on any atom is 0.342 e. The molecule has 138 valence electrons. The van der Waals surface area contributed by atoms with Crippen LogP contribution in [0.15, 0.2) is 54.6 Å². The molecule has 5 heteroatoms. The number of hydrogen-bond donors (Lipinski definition) is 1. The first-order valence-corrected chi connectivity index (χ1v) is 8.89. The Bertz CT molecular complexity index is 715. The van der Waals surface area contributed by atoms with Gasteiger partial charge in [-0.3, -0.25) is 4.79 Å². The zero-order valence-electron chi connectivity index (χ0n) is 15.2. The molecule has 0 saturated carbocycles. The van der Waals surface area contributed by atoms with Crippen molar-refractivity contribution in [2.45, 2.75) is 32.7 Å². The molecule has 1 amide bonds. The fourth-order valence-electron chi connectivity index (χ4n) is 2.66. The Morgan fingerprint density at radius 3 is 2.38 bits per heavy atom. The maximum absolute atomic E-state index is 12.2. The number of para-hydroxylation sites is 1. The van der Waals surface area contributed by atoms with Gasteiger partial charge in [-0.25, -0.2) is 4.79 Å². The molecule has 2 rings (SSSR count). The highest BCUT2D eigenvalue weighted by atomic mass is 16.5. The standard InChI is InChI=1S/C21H25NO4/c1-3-10-18(16-11-6-5-7-12-16)22-20(23)15-26-21(24)17-13-8-9-14-19(17)25-4-2/h5-9,11-14,18H,3-4,10,15H2,1-2H3,(H,22,23). The zero-order chi connectivity index (χ0) is 18.8. The van der Waals surface area contributed by atoms with Gasteiger partial charge in [0.05, 0.1) is 12.6 Å². The van der Waals surface area contributed by atoms with Crippen molar-refractivity contribution >= 4 is 11.9 Å². The third-order valence-corrected chi connectivity index (χ3v) is 3.86. The van der Waals surface area contributed by atoms with E-state index < -0.39 is 5.97 Å². The molecule has 0 heterocycles. The van der Waals surface area contributed by atoms with Crippen molar-refractivity contribution < 1.29 is 19.1 Å². The van der Waals surface area contributed by atoms with Crippen molar-refractivity contribution in [1.82, 2.24) is 5.32 Å². The Labute approximate surface area is 154 Å². The summed E-state index contributed by atoms with van der Waals surface area (Å²) in [7, 11) is 0. The lowest BCUT2D eigenvalue weighted by atomic mass is 10.0. The summed E-state index contributed by atoms with van der Waals surface area (Å²) in [6.45, 7) is 4.02. The summed E-state index contributed by atoms with van der Waals surface area (Å²) in [4.78, 5) is 24.5. The van der Waals surface area contributed by atoms with Gasteiger partial charge in [0.15, 0.2) is 6.61 Å². The van der Waals surface area contributed by atoms with Gasteiger partial charge in [0.1, 0.15) is 11.3 Å². The minimum atomic E-state index is -0.573. The molecule has 2 aromatic rings. The van der Waals surface area contributed by atoms with Crippen LogP contribution in [0.1, 0.15) is 48.7 Å². The minimum Gasteiger partial charge on any atom is -0.493 e. The lowest BCUT2D eigenvalue weighted by molar-refractivity contribution is -0.125. The number of carbonyl (C=O) groups is 2. The van der Waals surface area contributed by atoms with E-state index in [-0.39, 0.29) is 18.6 Å². The molecule has 0 spiro atoms. The van der Waals surface area contributed by atoms with Crippen molar-refractivity contribution in [3.63, 3.8) is 0 Å². The normalized spacial score (nSPS) is 11.5. The second-order valence-electron chi connectivity index (χ2n) is 5.82. The van der Waals surface area contributed by atoms with Crippen LogP contribution in [0.25, 0.3) is 0 Å². The first-order chi connectivity index (χ1) is 12.7. The molecule has 0 aliphatic carbocycles. The van der Waals surface area contributed by atoms with Crippen molar-refractivity contribution in [1.29, 1.82) is 0 Å². The van der Waals surface area contributed by atoms with Gasteiger partial charge < -0.3 is 14.8 Å². The SMILES string of the molecule is CCCC(NC(=O)COC(=O)c1ccccc1OCC)c1ccccc1. The van der Waals surface area contributed by atoms with Crippen LogP contribution >= 0.6 is 0 Å². The summed E-state index contributed by atoms with van der Waals surface area (Å²) >= 11 is 0. The summed E-state index contributed by atoms with van der Waals surface area (Å²) in [6, 6.07) is 16.5. The molecule has 26 heavy (non-hydrogen) atoms. The highest BCUT2D eigenvalue weighted by Crippen LogP contribution is 2.20. The van der Waals surface area contributed by atoms with Crippen molar-refractivity contribution in [3.8, 4) is 5.75 Å². The van der Waals surface area contributed by atoms with E-state index in [2.05, 4.69) is 12.2 Å². The van der Waals surface area contributed by atoms with Crippen LogP contribution in [-0.4, -0.2) is 25.1 Å². The molecular formula is C21H25NO4. The predicted molar refractivity (Wildman–Crippen MR) is 100 cm³/mol. The second-order valence-corrected chi connectivity index (χ2v) is 5.82. The number of esters is 1. The van der Waals surface area contributed by atoms with E-state index in [1.54, 1.807) is 24.3 Å². The Balaban J connectivity index is 1.94. The number of ether oxygens (including phenoxy) is 2. The molecule has 0 aliphatic heterocycles. The lowest BCUT2D eigenvalue weighted by Gasteiger charge is -2.18. The summed E-state index contributed by atoms with van der Waals surface area (Å²) in [5, 5.41) is 2.93. The van der Waals surface area contributed by atoms with Gasteiger partial charge in [-0.2, -0.15) is 0 Å². The molecule has 0 bridgehead atoms. The third-order valence-electron chi connectivity index (χ3n) is 3.86.